The first-order valence-electron chi connectivity index (χ1n) is 8.04. The van der Waals surface area contributed by atoms with Crippen molar-refractivity contribution in [2.75, 3.05) is 20.1 Å². The quantitative estimate of drug-likeness (QED) is 0.915. The van der Waals surface area contributed by atoms with Crippen LogP contribution in [0.25, 0.3) is 0 Å². The van der Waals surface area contributed by atoms with Gasteiger partial charge < -0.3 is 10.0 Å². The lowest BCUT2D eigenvalue weighted by Crippen LogP contribution is -2.47. The minimum atomic E-state index is -0.782. The Morgan fingerprint density at radius 3 is 2.09 bits per heavy atom. The maximum atomic E-state index is 11.5. The number of rotatable bonds is 2. The number of benzene rings is 2. The van der Waals surface area contributed by atoms with Gasteiger partial charge in [0.15, 0.2) is 0 Å². The van der Waals surface area contributed by atoms with Crippen LogP contribution in [0.4, 0.5) is 0 Å². The van der Waals surface area contributed by atoms with Gasteiger partial charge in [0.2, 0.25) is 0 Å². The van der Waals surface area contributed by atoms with E-state index in [1.54, 1.807) is 0 Å². The lowest BCUT2D eigenvalue weighted by atomic mass is 9.72. The van der Waals surface area contributed by atoms with Crippen LogP contribution in [0.5, 0.6) is 0 Å². The van der Waals surface area contributed by atoms with Crippen LogP contribution in [0, 0.1) is 13.8 Å². The molecule has 0 bridgehead atoms. The highest BCUT2D eigenvalue weighted by atomic mass is 16.3. The molecule has 1 aliphatic rings. The smallest absolute Gasteiger partial charge is 0.0989 e. The predicted molar refractivity (Wildman–Crippen MR) is 91.1 cm³/mol. The third-order valence-corrected chi connectivity index (χ3v) is 4.98. The molecular formula is C20H25NO. The second-order valence-corrected chi connectivity index (χ2v) is 6.77. The zero-order chi connectivity index (χ0) is 15.7. The second-order valence-electron chi connectivity index (χ2n) is 6.77. The first kappa shape index (κ1) is 15.3. The molecule has 0 saturated carbocycles. The van der Waals surface area contributed by atoms with Crippen LogP contribution in [-0.4, -0.2) is 30.1 Å². The van der Waals surface area contributed by atoms with Crippen molar-refractivity contribution in [1.29, 1.82) is 0 Å². The molecule has 1 saturated heterocycles. The lowest BCUT2D eigenvalue weighted by molar-refractivity contribution is -0.0418. The Kier molecular flexibility index (Phi) is 4.07. The van der Waals surface area contributed by atoms with Gasteiger partial charge >= 0.3 is 0 Å². The molecule has 1 fully saturated rings. The summed E-state index contributed by atoms with van der Waals surface area (Å²) < 4.78 is 0. The molecule has 0 radical (unpaired) electrons. The summed E-state index contributed by atoms with van der Waals surface area (Å²) in [5.74, 6) is 0.106. The molecule has 2 heteroatoms. The first-order valence-corrected chi connectivity index (χ1v) is 8.04. The molecular weight excluding hydrogens is 270 g/mol. The maximum absolute atomic E-state index is 11.5. The maximum Gasteiger partial charge on any atom is 0.0989 e. The van der Waals surface area contributed by atoms with Crippen LogP contribution < -0.4 is 0 Å². The number of piperidine rings is 1. The van der Waals surface area contributed by atoms with Crippen LogP contribution in [-0.2, 0) is 5.60 Å². The van der Waals surface area contributed by atoms with Gasteiger partial charge in [-0.25, -0.2) is 0 Å². The minimum absolute atomic E-state index is 0.106. The monoisotopic (exact) mass is 295 g/mol. The van der Waals surface area contributed by atoms with Crippen LogP contribution in [0.1, 0.15) is 34.6 Å². The van der Waals surface area contributed by atoms with Crippen molar-refractivity contribution in [3.05, 3.63) is 70.8 Å². The number of likely N-dealkylation sites (tertiary alicyclic amines) is 1. The van der Waals surface area contributed by atoms with Gasteiger partial charge in [-0.05, 0) is 38.4 Å². The summed E-state index contributed by atoms with van der Waals surface area (Å²) in [5, 5.41) is 11.5. The topological polar surface area (TPSA) is 23.5 Å². The van der Waals surface area contributed by atoms with E-state index in [0.29, 0.717) is 0 Å². The van der Waals surface area contributed by atoms with Gasteiger partial charge in [-0.1, -0.05) is 59.7 Å². The van der Waals surface area contributed by atoms with E-state index in [9.17, 15) is 5.11 Å². The molecule has 2 atom stereocenters. The average Bonchev–Trinajstić information content (AvgIpc) is 2.51. The average molecular weight is 295 g/mol. The number of aliphatic hydroxyl groups is 1. The molecule has 116 valence electrons. The van der Waals surface area contributed by atoms with Crippen molar-refractivity contribution in [1.82, 2.24) is 4.90 Å². The fraction of sp³-hybridized carbons (Fsp3) is 0.400. The molecule has 2 unspecified atom stereocenters. The summed E-state index contributed by atoms with van der Waals surface area (Å²) in [7, 11) is 2.13. The van der Waals surface area contributed by atoms with Crippen molar-refractivity contribution < 1.29 is 5.11 Å². The first-order chi connectivity index (χ1) is 10.5. The van der Waals surface area contributed by atoms with Crippen molar-refractivity contribution in [3.8, 4) is 0 Å². The molecule has 2 aromatic rings. The van der Waals surface area contributed by atoms with Crippen molar-refractivity contribution in [2.45, 2.75) is 31.8 Å². The van der Waals surface area contributed by atoms with Crippen molar-refractivity contribution in [3.63, 3.8) is 0 Å². The zero-order valence-corrected chi connectivity index (χ0v) is 13.7. The van der Waals surface area contributed by atoms with E-state index in [-0.39, 0.29) is 5.92 Å². The molecule has 2 aromatic carbocycles. The normalized spacial score (nSPS) is 26.1. The van der Waals surface area contributed by atoms with Gasteiger partial charge in [0.1, 0.15) is 0 Å². The van der Waals surface area contributed by atoms with Gasteiger partial charge in [0.25, 0.3) is 0 Å². The molecule has 3 rings (SSSR count). The summed E-state index contributed by atoms with van der Waals surface area (Å²) >= 11 is 0. The van der Waals surface area contributed by atoms with E-state index in [1.165, 1.54) is 16.7 Å². The highest BCUT2D eigenvalue weighted by molar-refractivity contribution is 5.35. The number of likely N-dealkylation sites (N-methyl/N-ethyl adjacent to an activating group) is 1. The fourth-order valence-electron chi connectivity index (χ4n) is 3.46. The Bertz CT molecular complexity index is 632. The van der Waals surface area contributed by atoms with Crippen LogP contribution in [0.15, 0.2) is 48.5 Å². The standard InChI is InChI=1S/C20H25NO/c1-15-4-8-17(9-5-15)19-14-21(3)13-12-20(19,22)18-10-6-16(2)7-11-18/h4-11,19,22H,12-14H2,1-3H3. The molecule has 0 aromatic heterocycles. The number of hydrogen-bond donors (Lipinski definition) is 1. The molecule has 0 aliphatic carbocycles. The summed E-state index contributed by atoms with van der Waals surface area (Å²) in [6.45, 7) is 5.99. The lowest BCUT2D eigenvalue weighted by Gasteiger charge is -2.44. The Labute approximate surface area is 133 Å². The third-order valence-electron chi connectivity index (χ3n) is 4.98. The van der Waals surface area contributed by atoms with E-state index in [4.69, 9.17) is 0 Å². The molecule has 1 aliphatic heterocycles. The van der Waals surface area contributed by atoms with Gasteiger partial charge in [-0.3, -0.25) is 0 Å². The van der Waals surface area contributed by atoms with E-state index in [1.807, 2.05) is 0 Å². The van der Waals surface area contributed by atoms with E-state index in [0.717, 1.165) is 25.1 Å². The Balaban J connectivity index is 2.02. The third kappa shape index (κ3) is 2.81. The number of nitrogens with zero attached hydrogens (tertiary/aromatic N) is 1. The van der Waals surface area contributed by atoms with E-state index >= 15 is 0 Å². The highest BCUT2D eigenvalue weighted by Crippen LogP contribution is 2.43. The van der Waals surface area contributed by atoms with Crippen molar-refractivity contribution >= 4 is 0 Å². The molecule has 0 spiro atoms. The molecule has 1 N–H and O–H groups in total. The Hall–Kier alpha value is -1.64. The SMILES string of the molecule is Cc1ccc(C2CN(C)CCC2(O)c2ccc(C)cc2)cc1. The number of aryl methyl sites for hydroxylation is 2. The molecule has 1 heterocycles. The van der Waals surface area contributed by atoms with Gasteiger partial charge in [0.05, 0.1) is 5.60 Å². The summed E-state index contributed by atoms with van der Waals surface area (Å²) in [6, 6.07) is 17.0. The minimum Gasteiger partial charge on any atom is -0.384 e. The van der Waals surface area contributed by atoms with Gasteiger partial charge in [0, 0.05) is 19.0 Å². The molecule has 22 heavy (non-hydrogen) atoms. The summed E-state index contributed by atoms with van der Waals surface area (Å²) in [4.78, 5) is 2.31. The van der Waals surface area contributed by atoms with E-state index in [2.05, 4.69) is 74.3 Å². The molecule has 2 nitrogen and oxygen atoms in total. The zero-order valence-electron chi connectivity index (χ0n) is 13.7. The fourth-order valence-corrected chi connectivity index (χ4v) is 3.46. The van der Waals surface area contributed by atoms with Crippen LogP contribution in [0.2, 0.25) is 0 Å². The van der Waals surface area contributed by atoms with Crippen LogP contribution >= 0.6 is 0 Å². The summed E-state index contributed by atoms with van der Waals surface area (Å²) in [5.41, 5.74) is 3.96. The Morgan fingerprint density at radius 1 is 0.955 bits per heavy atom. The molecule has 0 amide bonds. The summed E-state index contributed by atoms with van der Waals surface area (Å²) in [6.07, 6.45) is 0.769. The second kappa shape index (κ2) is 5.86. The van der Waals surface area contributed by atoms with Crippen molar-refractivity contribution in [2.24, 2.45) is 0 Å². The highest BCUT2D eigenvalue weighted by Gasteiger charge is 2.42. The largest absolute Gasteiger partial charge is 0.384 e. The van der Waals surface area contributed by atoms with Gasteiger partial charge in [-0.2, -0.15) is 0 Å². The predicted octanol–water partition coefficient (Wildman–Crippen LogP) is 3.61. The van der Waals surface area contributed by atoms with Crippen LogP contribution in [0.3, 0.4) is 0 Å². The van der Waals surface area contributed by atoms with Gasteiger partial charge in [-0.15, -0.1) is 0 Å². The van der Waals surface area contributed by atoms with E-state index < -0.39 is 5.60 Å². The Morgan fingerprint density at radius 2 is 1.50 bits per heavy atom. The number of hydrogen-bond acceptors (Lipinski definition) is 2.